The molecule has 0 aromatic heterocycles. The first kappa shape index (κ1) is 17.0. The van der Waals surface area contributed by atoms with E-state index in [1.54, 1.807) is 19.0 Å². The molecule has 0 atom stereocenters. The quantitative estimate of drug-likeness (QED) is 0.668. The van der Waals surface area contributed by atoms with Crippen LogP contribution in [-0.2, 0) is 6.42 Å². The Balaban J connectivity index is 1.90. The number of carbonyl (C=O) groups is 1. The van der Waals surface area contributed by atoms with Gasteiger partial charge in [-0.3, -0.25) is 4.79 Å². The zero-order valence-corrected chi connectivity index (χ0v) is 15.9. The van der Waals surface area contributed by atoms with Gasteiger partial charge in [0.1, 0.15) is 0 Å². The summed E-state index contributed by atoms with van der Waals surface area (Å²) >= 11 is 9.42. The highest BCUT2D eigenvalue weighted by atomic mass is 79.9. The minimum atomic E-state index is 0.0201. The summed E-state index contributed by atoms with van der Waals surface area (Å²) in [4.78, 5) is 14.0. The van der Waals surface area contributed by atoms with Crippen molar-refractivity contribution in [1.29, 1.82) is 0 Å². The maximum absolute atomic E-state index is 12.4. The highest BCUT2D eigenvalue weighted by Gasteiger charge is 2.20. The van der Waals surface area contributed by atoms with E-state index >= 15 is 0 Å². The zero-order chi connectivity index (χ0) is 17.3. The number of benzene rings is 2. The van der Waals surface area contributed by atoms with Crippen LogP contribution >= 0.6 is 27.5 Å². The molecule has 1 amide bonds. The molecule has 1 aliphatic rings. The first-order chi connectivity index (χ1) is 11.4. The Morgan fingerprint density at radius 3 is 2.54 bits per heavy atom. The van der Waals surface area contributed by atoms with E-state index in [-0.39, 0.29) is 5.91 Å². The van der Waals surface area contributed by atoms with Gasteiger partial charge in [-0.2, -0.15) is 0 Å². The van der Waals surface area contributed by atoms with E-state index in [0.29, 0.717) is 0 Å². The maximum atomic E-state index is 12.4. The van der Waals surface area contributed by atoms with Gasteiger partial charge in [0.25, 0.3) is 5.91 Å². The lowest BCUT2D eigenvalue weighted by molar-refractivity contribution is 0.0827. The van der Waals surface area contributed by atoms with E-state index in [2.05, 4.69) is 40.2 Å². The fourth-order valence-corrected chi connectivity index (χ4v) is 3.38. The number of hydrogen-bond acceptors (Lipinski definition) is 1. The minimum absolute atomic E-state index is 0.0201. The molecule has 0 saturated carbocycles. The highest BCUT2D eigenvalue weighted by molar-refractivity contribution is 9.10. The first-order valence-corrected chi connectivity index (χ1v) is 8.79. The molecule has 3 rings (SSSR count). The van der Waals surface area contributed by atoms with Gasteiger partial charge in [-0.25, -0.2) is 0 Å². The number of rotatable bonds is 3. The fourth-order valence-electron chi connectivity index (χ4n) is 2.75. The van der Waals surface area contributed by atoms with Gasteiger partial charge < -0.3 is 4.90 Å². The van der Waals surface area contributed by atoms with Gasteiger partial charge in [-0.05, 0) is 52.9 Å². The number of carbonyl (C=O) groups excluding carboxylic acids is 1. The van der Waals surface area contributed by atoms with Gasteiger partial charge in [0.2, 0.25) is 0 Å². The van der Waals surface area contributed by atoms with Crippen molar-refractivity contribution in [2.75, 3.05) is 14.1 Å². The monoisotopic (exact) mass is 401 g/mol. The van der Waals surface area contributed by atoms with Crippen LogP contribution in [0.2, 0.25) is 5.02 Å². The number of nitrogens with zero attached hydrogens (tertiary/aromatic N) is 1. The Morgan fingerprint density at radius 1 is 1.17 bits per heavy atom. The third-order valence-corrected chi connectivity index (χ3v) is 4.66. The van der Waals surface area contributed by atoms with Crippen LogP contribution in [0.25, 0.3) is 12.2 Å². The fraction of sp³-hybridized carbons (Fsp3) is 0.150. The summed E-state index contributed by atoms with van der Waals surface area (Å²) in [5.74, 6) is 0.0201. The lowest BCUT2D eigenvalue weighted by Gasteiger charge is -2.13. The lowest BCUT2D eigenvalue weighted by Crippen LogP contribution is -2.22. The Hall–Kier alpha value is -1.84. The molecule has 2 nitrogen and oxygen atoms in total. The van der Waals surface area contributed by atoms with Crippen LogP contribution in [0.15, 0.2) is 52.5 Å². The van der Waals surface area contributed by atoms with Crippen LogP contribution < -0.4 is 0 Å². The predicted molar refractivity (Wildman–Crippen MR) is 104 cm³/mol. The van der Waals surface area contributed by atoms with Gasteiger partial charge in [0.15, 0.2) is 0 Å². The molecule has 24 heavy (non-hydrogen) atoms. The average Bonchev–Trinajstić information content (AvgIpc) is 2.95. The highest BCUT2D eigenvalue weighted by Crippen LogP contribution is 2.32. The van der Waals surface area contributed by atoms with Crippen LogP contribution in [0, 0.1) is 0 Å². The average molecular weight is 403 g/mol. The van der Waals surface area contributed by atoms with Gasteiger partial charge >= 0.3 is 0 Å². The molecule has 0 aliphatic heterocycles. The van der Waals surface area contributed by atoms with E-state index in [1.807, 2.05) is 30.3 Å². The van der Waals surface area contributed by atoms with Gasteiger partial charge in [0, 0.05) is 29.2 Å². The van der Waals surface area contributed by atoms with Gasteiger partial charge in [0.05, 0.1) is 0 Å². The largest absolute Gasteiger partial charge is 0.345 e. The van der Waals surface area contributed by atoms with Crippen LogP contribution in [-0.4, -0.2) is 24.9 Å². The summed E-state index contributed by atoms with van der Waals surface area (Å²) in [6, 6.07) is 11.7. The van der Waals surface area contributed by atoms with E-state index < -0.39 is 0 Å². The number of allylic oxidation sites excluding steroid dienone is 2. The maximum Gasteiger partial charge on any atom is 0.253 e. The Kier molecular flexibility index (Phi) is 4.93. The summed E-state index contributed by atoms with van der Waals surface area (Å²) in [5, 5.41) is 0.733. The molecular formula is C20H17BrClNO. The van der Waals surface area contributed by atoms with Gasteiger partial charge in [-0.15, -0.1) is 0 Å². The van der Waals surface area contributed by atoms with Crippen LogP contribution in [0.3, 0.4) is 0 Å². The molecule has 0 saturated heterocycles. The summed E-state index contributed by atoms with van der Waals surface area (Å²) < 4.78 is 0.933. The third-order valence-electron chi connectivity index (χ3n) is 3.95. The molecule has 0 spiro atoms. The number of halogens is 2. The number of hydrogen-bond donors (Lipinski definition) is 0. The van der Waals surface area contributed by atoms with Crippen molar-refractivity contribution in [2.24, 2.45) is 0 Å². The molecule has 2 aromatic carbocycles. The van der Waals surface area contributed by atoms with Crippen molar-refractivity contribution < 1.29 is 4.79 Å². The minimum Gasteiger partial charge on any atom is -0.345 e. The van der Waals surface area contributed by atoms with Crippen molar-refractivity contribution in [2.45, 2.75) is 6.42 Å². The van der Waals surface area contributed by atoms with Gasteiger partial charge in [-0.1, -0.05) is 57.9 Å². The standard InChI is InChI=1S/C20H17BrClNO/c1-23(2)20(24)19-12-16(21)11-15-9-14(10-18(15)19)4-3-13-5-7-17(22)8-6-13/h3-8,10-12H,9H2,1-2H3/b4-3+. The molecule has 122 valence electrons. The Labute approximate surface area is 155 Å². The smallest absolute Gasteiger partial charge is 0.253 e. The summed E-state index contributed by atoms with van der Waals surface area (Å²) in [6.07, 6.45) is 7.09. The second-order valence-electron chi connectivity index (χ2n) is 6.01. The summed E-state index contributed by atoms with van der Waals surface area (Å²) in [5.41, 5.74) is 5.21. The van der Waals surface area contributed by atoms with Crippen molar-refractivity contribution in [3.63, 3.8) is 0 Å². The first-order valence-electron chi connectivity index (χ1n) is 7.62. The molecule has 0 radical (unpaired) electrons. The Bertz CT molecular complexity index is 851. The number of amides is 1. The molecule has 4 heteroatoms. The van der Waals surface area contributed by atoms with Crippen LogP contribution in [0.4, 0.5) is 0 Å². The van der Waals surface area contributed by atoms with Crippen molar-refractivity contribution in [1.82, 2.24) is 4.90 Å². The normalized spacial score (nSPS) is 13.1. The zero-order valence-electron chi connectivity index (χ0n) is 13.5. The topological polar surface area (TPSA) is 20.3 Å². The Morgan fingerprint density at radius 2 is 1.88 bits per heavy atom. The van der Waals surface area contributed by atoms with E-state index in [0.717, 1.165) is 32.6 Å². The molecule has 0 fully saturated rings. The molecule has 1 aliphatic carbocycles. The molecular weight excluding hydrogens is 386 g/mol. The summed E-state index contributed by atoms with van der Waals surface area (Å²) in [6.45, 7) is 0. The molecule has 0 unspecified atom stereocenters. The molecule has 0 heterocycles. The molecule has 2 aromatic rings. The lowest BCUT2D eigenvalue weighted by atomic mass is 10.0. The third kappa shape index (κ3) is 3.63. The van der Waals surface area contributed by atoms with E-state index in [9.17, 15) is 4.79 Å². The van der Waals surface area contributed by atoms with Crippen molar-refractivity contribution in [3.8, 4) is 0 Å². The SMILES string of the molecule is CN(C)C(=O)c1cc(Br)cc2c1C=C(/C=C/c1ccc(Cl)cc1)C2. The number of fused-ring (bicyclic) bond motifs is 1. The van der Waals surface area contributed by atoms with Crippen molar-refractivity contribution in [3.05, 3.63) is 79.8 Å². The second kappa shape index (κ2) is 6.96. The molecule has 0 N–H and O–H groups in total. The summed E-state index contributed by atoms with van der Waals surface area (Å²) in [7, 11) is 3.55. The van der Waals surface area contributed by atoms with Crippen molar-refractivity contribution >= 4 is 45.6 Å². The van der Waals surface area contributed by atoms with E-state index in [4.69, 9.17) is 11.6 Å². The predicted octanol–water partition coefficient (Wildman–Crippen LogP) is 5.46. The van der Waals surface area contributed by atoms with Crippen LogP contribution in [0.5, 0.6) is 0 Å². The van der Waals surface area contributed by atoms with E-state index in [1.165, 1.54) is 11.1 Å². The second-order valence-corrected chi connectivity index (χ2v) is 7.36. The molecule has 0 bridgehead atoms. The van der Waals surface area contributed by atoms with Crippen LogP contribution in [0.1, 0.15) is 27.0 Å².